The first-order chi connectivity index (χ1) is 14.2. The fourth-order valence-corrected chi connectivity index (χ4v) is 3.52. The van der Waals surface area contributed by atoms with Crippen molar-refractivity contribution in [3.63, 3.8) is 0 Å². The Hall–Kier alpha value is -3.13. The summed E-state index contributed by atoms with van der Waals surface area (Å²) in [4.78, 5) is 24.2. The summed E-state index contributed by atoms with van der Waals surface area (Å²) >= 11 is 3.50. The van der Waals surface area contributed by atoms with Gasteiger partial charge >= 0.3 is 5.97 Å². The predicted octanol–water partition coefficient (Wildman–Crippen LogP) is 4.75. The van der Waals surface area contributed by atoms with Gasteiger partial charge in [0.2, 0.25) is 0 Å². The number of amides is 1. The standard InChI is InChI=1S/C22H21BrN2O5/c1-12(2)30-20-18(23)9-14(10-19(20)29-4)8-17-13(3)24-25(21(17)26)16-7-5-6-15(11-16)22(27)28/h5-12H,1-4H3,(H,27,28). The van der Waals surface area contributed by atoms with Crippen LogP contribution in [-0.4, -0.2) is 35.9 Å². The monoisotopic (exact) mass is 472 g/mol. The van der Waals surface area contributed by atoms with Crippen molar-refractivity contribution in [2.45, 2.75) is 26.9 Å². The summed E-state index contributed by atoms with van der Waals surface area (Å²) in [7, 11) is 1.55. The Kier molecular flexibility index (Phi) is 6.26. The number of rotatable bonds is 6. The van der Waals surface area contributed by atoms with Gasteiger partial charge in [-0.05, 0) is 78.7 Å². The molecular formula is C22H21BrN2O5. The van der Waals surface area contributed by atoms with E-state index in [0.29, 0.717) is 32.9 Å². The van der Waals surface area contributed by atoms with Crippen LogP contribution in [0.2, 0.25) is 0 Å². The van der Waals surface area contributed by atoms with Gasteiger partial charge in [0.1, 0.15) is 0 Å². The van der Waals surface area contributed by atoms with Crippen LogP contribution in [0.25, 0.3) is 6.08 Å². The van der Waals surface area contributed by atoms with Gasteiger partial charge in [-0.25, -0.2) is 4.79 Å². The molecule has 8 heteroatoms. The minimum Gasteiger partial charge on any atom is -0.493 e. The summed E-state index contributed by atoms with van der Waals surface area (Å²) in [5.41, 5.74) is 2.14. The molecule has 2 aromatic rings. The molecule has 0 bridgehead atoms. The van der Waals surface area contributed by atoms with E-state index in [1.807, 2.05) is 19.9 Å². The van der Waals surface area contributed by atoms with Crippen LogP contribution in [0, 0.1) is 0 Å². The van der Waals surface area contributed by atoms with Gasteiger partial charge in [0.25, 0.3) is 5.91 Å². The molecule has 2 aromatic carbocycles. The molecule has 0 saturated carbocycles. The minimum atomic E-state index is -1.07. The van der Waals surface area contributed by atoms with E-state index in [4.69, 9.17) is 9.47 Å². The molecule has 1 aliphatic rings. The highest BCUT2D eigenvalue weighted by Gasteiger charge is 2.29. The molecule has 156 valence electrons. The number of aromatic carboxylic acids is 1. The molecule has 0 atom stereocenters. The second-order valence-corrected chi connectivity index (χ2v) is 7.77. The number of carboxylic acid groups (broad SMARTS) is 1. The lowest BCUT2D eigenvalue weighted by Gasteiger charge is -2.16. The Bertz CT molecular complexity index is 1080. The molecule has 7 nitrogen and oxygen atoms in total. The predicted molar refractivity (Wildman–Crippen MR) is 118 cm³/mol. The van der Waals surface area contributed by atoms with Crippen molar-refractivity contribution in [1.29, 1.82) is 0 Å². The lowest BCUT2D eigenvalue weighted by atomic mass is 10.1. The third-order valence-corrected chi connectivity index (χ3v) is 4.91. The van der Waals surface area contributed by atoms with Crippen LogP contribution in [0.1, 0.15) is 36.7 Å². The van der Waals surface area contributed by atoms with Crippen LogP contribution in [0.15, 0.2) is 51.5 Å². The lowest BCUT2D eigenvalue weighted by Crippen LogP contribution is -2.21. The van der Waals surface area contributed by atoms with E-state index in [1.54, 1.807) is 38.3 Å². The van der Waals surface area contributed by atoms with E-state index < -0.39 is 5.97 Å². The zero-order valence-corrected chi connectivity index (χ0v) is 18.6. The van der Waals surface area contributed by atoms with Gasteiger partial charge in [0.05, 0.1) is 40.2 Å². The van der Waals surface area contributed by atoms with E-state index in [9.17, 15) is 14.7 Å². The SMILES string of the molecule is COc1cc(C=C2C(=O)N(c3cccc(C(=O)O)c3)N=C2C)cc(Br)c1OC(C)C. The summed E-state index contributed by atoms with van der Waals surface area (Å²) in [5.74, 6) is -0.283. The number of benzene rings is 2. The Morgan fingerprint density at radius 1 is 1.27 bits per heavy atom. The van der Waals surface area contributed by atoms with Gasteiger partial charge in [0.15, 0.2) is 11.5 Å². The number of ether oxygens (including phenoxy) is 2. The third-order valence-electron chi connectivity index (χ3n) is 4.32. The molecule has 0 saturated heterocycles. The summed E-state index contributed by atoms with van der Waals surface area (Å²) in [6.07, 6.45) is 1.69. The third kappa shape index (κ3) is 4.38. The molecule has 30 heavy (non-hydrogen) atoms. The quantitative estimate of drug-likeness (QED) is 0.612. The number of halogens is 1. The number of carboxylic acids is 1. The van der Waals surface area contributed by atoms with Crippen molar-refractivity contribution in [1.82, 2.24) is 0 Å². The molecule has 3 rings (SSSR count). The van der Waals surface area contributed by atoms with Crippen LogP contribution in [0.4, 0.5) is 5.69 Å². The van der Waals surface area contributed by atoms with E-state index >= 15 is 0 Å². The fourth-order valence-electron chi connectivity index (χ4n) is 2.97. The Morgan fingerprint density at radius 2 is 2.00 bits per heavy atom. The molecule has 0 aliphatic carbocycles. The second-order valence-electron chi connectivity index (χ2n) is 6.92. The van der Waals surface area contributed by atoms with Gasteiger partial charge in [-0.3, -0.25) is 4.79 Å². The van der Waals surface area contributed by atoms with Crippen LogP contribution in [0.3, 0.4) is 0 Å². The van der Waals surface area contributed by atoms with Crippen LogP contribution in [-0.2, 0) is 4.79 Å². The molecule has 1 N–H and O–H groups in total. The number of hydrogen-bond acceptors (Lipinski definition) is 5. The Morgan fingerprint density at radius 3 is 2.63 bits per heavy atom. The molecule has 0 unspecified atom stereocenters. The number of carbonyl (C=O) groups is 2. The summed E-state index contributed by atoms with van der Waals surface area (Å²) < 4.78 is 11.9. The van der Waals surface area contributed by atoms with Crippen LogP contribution in [0.5, 0.6) is 11.5 Å². The molecule has 0 fully saturated rings. The van der Waals surface area contributed by atoms with Gasteiger partial charge in [-0.15, -0.1) is 0 Å². The van der Waals surface area contributed by atoms with E-state index in [2.05, 4.69) is 21.0 Å². The molecule has 0 aromatic heterocycles. The highest BCUT2D eigenvalue weighted by molar-refractivity contribution is 9.10. The van der Waals surface area contributed by atoms with Crippen molar-refractivity contribution in [3.8, 4) is 11.5 Å². The van der Waals surface area contributed by atoms with Gasteiger partial charge in [-0.2, -0.15) is 10.1 Å². The number of methoxy groups -OCH3 is 1. The number of nitrogens with zero attached hydrogens (tertiary/aromatic N) is 2. The smallest absolute Gasteiger partial charge is 0.335 e. The second kappa shape index (κ2) is 8.71. The number of hydrazone groups is 1. The largest absolute Gasteiger partial charge is 0.493 e. The van der Waals surface area contributed by atoms with E-state index in [1.165, 1.54) is 17.1 Å². The first-order valence-corrected chi connectivity index (χ1v) is 9.99. The summed E-state index contributed by atoms with van der Waals surface area (Å²) in [6, 6.07) is 9.71. The molecule has 0 spiro atoms. The van der Waals surface area contributed by atoms with Crippen molar-refractivity contribution in [3.05, 3.63) is 57.6 Å². The summed E-state index contributed by atoms with van der Waals surface area (Å²) in [5, 5.41) is 14.7. The first-order valence-electron chi connectivity index (χ1n) is 9.20. The maximum Gasteiger partial charge on any atom is 0.335 e. The Labute approximate surface area is 182 Å². The summed E-state index contributed by atoms with van der Waals surface area (Å²) in [6.45, 7) is 5.58. The van der Waals surface area contributed by atoms with Crippen molar-refractivity contribution < 1.29 is 24.2 Å². The van der Waals surface area contributed by atoms with Crippen molar-refractivity contribution in [2.24, 2.45) is 5.10 Å². The van der Waals surface area contributed by atoms with Gasteiger partial charge in [-0.1, -0.05) is 6.07 Å². The minimum absolute atomic E-state index is 0.0275. The maximum absolute atomic E-state index is 13.0. The zero-order chi connectivity index (χ0) is 22.0. The van der Waals surface area contributed by atoms with Gasteiger partial charge < -0.3 is 14.6 Å². The zero-order valence-electron chi connectivity index (χ0n) is 17.0. The highest BCUT2D eigenvalue weighted by atomic mass is 79.9. The molecule has 1 aliphatic heterocycles. The van der Waals surface area contributed by atoms with E-state index in [0.717, 1.165) is 5.56 Å². The molecule has 0 radical (unpaired) electrons. The van der Waals surface area contributed by atoms with Crippen LogP contribution < -0.4 is 14.5 Å². The number of hydrogen-bond donors (Lipinski definition) is 1. The van der Waals surface area contributed by atoms with Gasteiger partial charge in [0, 0.05) is 0 Å². The first kappa shape index (κ1) is 21.6. The van der Waals surface area contributed by atoms with Crippen LogP contribution >= 0.6 is 15.9 Å². The average molecular weight is 473 g/mol. The topological polar surface area (TPSA) is 88.4 Å². The van der Waals surface area contributed by atoms with Crippen molar-refractivity contribution >= 4 is 45.3 Å². The number of anilines is 1. The fraction of sp³-hybridized carbons (Fsp3) is 0.227. The Balaban J connectivity index is 1.96. The molecule has 1 heterocycles. The normalized spacial score (nSPS) is 15.0. The average Bonchev–Trinajstić information content (AvgIpc) is 2.97. The molecular weight excluding hydrogens is 452 g/mol. The highest BCUT2D eigenvalue weighted by Crippen LogP contribution is 2.38. The maximum atomic E-state index is 13.0. The molecule has 1 amide bonds. The van der Waals surface area contributed by atoms with Crippen molar-refractivity contribution in [2.75, 3.05) is 12.1 Å². The van der Waals surface area contributed by atoms with E-state index in [-0.39, 0.29) is 17.6 Å². The lowest BCUT2D eigenvalue weighted by molar-refractivity contribution is -0.114. The number of carbonyl (C=O) groups excluding carboxylic acids is 1.